The van der Waals surface area contributed by atoms with Crippen LogP contribution in [0.2, 0.25) is 0 Å². The third-order valence-electron chi connectivity index (χ3n) is 2.08. The molecule has 0 heterocycles. The van der Waals surface area contributed by atoms with Crippen molar-refractivity contribution < 1.29 is 8.42 Å². The first-order valence-corrected chi connectivity index (χ1v) is 6.73. The zero-order valence-corrected chi connectivity index (χ0v) is 10.2. The molecule has 84 valence electrons. The van der Waals surface area contributed by atoms with Gasteiger partial charge in [-0.15, -0.1) is 0 Å². The van der Waals surface area contributed by atoms with E-state index in [0.717, 1.165) is 12.8 Å². The molecule has 3 N–H and O–H groups in total. The fourth-order valence-electron chi connectivity index (χ4n) is 1.06. The molecule has 0 bridgehead atoms. The maximum Gasteiger partial charge on any atom is 0.218 e. The van der Waals surface area contributed by atoms with E-state index < -0.39 is 10.0 Å². The summed E-state index contributed by atoms with van der Waals surface area (Å²) in [7, 11) is -3.31. The molecule has 0 fully saturated rings. The Hall–Kier alpha value is -0.200. The van der Waals surface area contributed by atoms with Crippen molar-refractivity contribution in [1.82, 2.24) is 4.72 Å². The van der Waals surface area contributed by atoms with Crippen molar-refractivity contribution in [3.05, 3.63) is 0 Å². The summed E-state index contributed by atoms with van der Waals surface area (Å²) in [5.41, 5.74) is 5.16. The SMILES string of the molecule is CCC(CC)CNS(=O)(=O)CC(N)=S. The third kappa shape index (κ3) is 6.28. The number of hydrogen-bond donors (Lipinski definition) is 2. The lowest BCUT2D eigenvalue weighted by Gasteiger charge is -2.13. The average molecular weight is 238 g/mol. The first-order chi connectivity index (χ1) is 6.41. The minimum Gasteiger partial charge on any atom is -0.392 e. The normalized spacial score (nSPS) is 11.9. The third-order valence-corrected chi connectivity index (χ3v) is 3.70. The molecule has 0 rings (SSSR count). The molecule has 0 aromatic carbocycles. The van der Waals surface area contributed by atoms with E-state index in [4.69, 9.17) is 5.73 Å². The molecule has 0 radical (unpaired) electrons. The monoisotopic (exact) mass is 238 g/mol. The highest BCUT2D eigenvalue weighted by Crippen LogP contribution is 2.05. The van der Waals surface area contributed by atoms with Gasteiger partial charge in [-0.2, -0.15) is 0 Å². The lowest BCUT2D eigenvalue weighted by Crippen LogP contribution is -2.35. The summed E-state index contributed by atoms with van der Waals surface area (Å²) in [6, 6.07) is 0. The van der Waals surface area contributed by atoms with Crippen LogP contribution in [-0.4, -0.2) is 25.7 Å². The van der Waals surface area contributed by atoms with E-state index in [1.54, 1.807) is 0 Å². The van der Waals surface area contributed by atoms with Gasteiger partial charge in [0.15, 0.2) is 0 Å². The highest BCUT2D eigenvalue weighted by atomic mass is 32.2. The van der Waals surface area contributed by atoms with Crippen molar-refractivity contribution in [3.63, 3.8) is 0 Å². The molecule has 14 heavy (non-hydrogen) atoms. The molecule has 0 atom stereocenters. The summed E-state index contributed by atoms with van der Waals surface area (Å²) in [5, 5.41) is 0. The molecule has 4 nitrogen and oxygen atoms in total. The van der Waals surface area contributed by atoms with Gasteiger partial charge in [-0.25, -0.2) is 13.1 Å². The Bertz CT molecular complexity index is 271. The van der Waals surface area contributed by atoms with Crippen LogP contribution in [0.25, 0.3) is 0 Å². The van der Waals surface area contributed by atoms with Crippen LogP contribution in [0.4, 0.5) is 0 Å². The van der Waals surface area contributed by atoms with Crippen LogP contribution in [0.5, 0.6) is 0 Å². The van der Waals surface area contributed by atoms with Crippen LogP contribution in [0.1, 0.15) is 26.7 Å². The lowest BCUT2D eigenvalue weighted by atomic mass is 10.0. The van der Waals surface area contributed by atoms with E-state index in [1.165, 1.54) is 0 Å². The molecule has 0 amide bonds. The molecule has 0 saturated carbocycles. The first kappa shape index (κ1) is 13.8. The van der Waals surface area contributed by atoms with Crippen molar-refractivity contribution >= 4 is 27.2 Å². The quantitative estimate of drug-likeness (QED) is 0.638. The smallest absolute Gasteiger partial charge is 0.218 e. The van der Waals surface area contributed by atoms with Crippen LogP contribution < -0.4 is 10.5 Å². The molecule has 0 aliphatic rings. The van der Waals surface area contributed by atoms with E-state index in [9.17, 15) is 8.42 Å². The Morgan fingerprint density at radius 3 is 2.29 bits per heavy atom. The second-order valence-corrected chi connectivity index (χ2v) is 5.59. The van der Waals surface area contributed by atoms with Crippen LogP contribution in [-0.2, 0) is 10.0 Å². The Morgan fingerprint density at radius 1 is 1.43 bits per heavy atom. The summed E-state index contributed by atoms with van der Waals surface area (Å²) < 4.78 is 25.1. The number of hydrogen-bond acceptors (Lipinski definition) is 3. The molecule has 6 heteroatoms. The maximum absolute atomic E-state index is 11.3. The van der Waals surface area contributed by atoms with Gasteiger partial charge in [0.2, 0.25) is 10.0 Å². The fraction of sp³-hybridized carbons (Fsp3) is 0.875. The maximum atomic E-state index is 11.3. The number of thiocarbonyl (C=S) groups is 1. The summed E-state index contributed by atoms with van der Waals surface area (Å²) in [5.74, 6) is 0.124. The predicted octanol–water partition coefficient (Wildman–Crippen LogP) is 0.628. The van der Waals surface area contributed by atoms with Gasteiger partial charge in [-0.1, -0.05) is 38.9 Å². The fourth-order valence-corrected chi connectivity index (χ4v) is 2.49. The predicted molar refractivity (Wildman–Crippen MR) is 62.6 cm³/mol. The van der Waals surface area contributed by atoms with Crippen LogP contribution >= 0.6 is 12.2 Å². The van der Waals surface area contributed by atoms with Crippen molar-refractivity contribution in [3.8, 4) is 0 Å². The second kappa shape index (κ2) is 6.31. The molecular weight excluding hydrogens is 220 g/mol. The van der Waals surface area contributed by atoms with Crippen molar-refractivity contribution in [2.45, 2.75) is 26.7 Å². The summed E-state index contributed by atoms with van der Waals surface area (Å²) in [6.45, 7) is 4.55. The van der Waals surface area contributed by atoms with E-state index in [2.05, 4.69) is 16.9 Å². The Balaban J connectivity index is 4.05. The molecule has 0 aliphatic carbocycles. The van der Waals surface area contributed by atoms with Gasteiger partial charge in [0, 0.05) is 6.54 Å². The standard InChI is InChI=1S/C8H18N2O2S2/c1-3-7(4-2)5-10-14(11,12)6-8(9)13/h7,10H,3-6H2,1-2H3,(H2,9,13). The first-order valence-electron chi connectivity index (χ1n) is 4.66. The Morgan fingerprint density at radius 2 is 1.93 bits per heavy atom. The van der Waals surface area contributed by atoms with Crippen molar-refractivity contribution in [1.29, 1.82) is 0 Å². The number of rotatable bonds is 7. The van der Waals surface area contributed by atoms with Gasteiger partial charge in [-0.3, -0.25) is 0 Å². The molecule has 0 aromatic rings. The average Bonchev–Trinajstić information content (AvgIpc) is 2.03. The van der Waals surface area contributed by atoms with Gasteiger partial charge >= 0.3 is 0 Å². The Kier molecular flexibility index (Phi) is 6.22. The van der Waals surface area contributed by atoms with Crippen molar-refractivity contribution in [2.24, 2.45) is 11.7 Å². The van der Waals surface area contributed by atoms with E-state index >= 15 is 0 Å². The van der Waals surface area contributed by atoms with Gasteiger partial charge in [0.1, 0.15) is 5.75 Å². The topological polar surface area (TPSA) is 72.2 Å². The molecule has 0 aliphatic heterocycles. The number of nitrogens with two attached hydrogens (primary N) is 1. The summed E-state index contributed by atoms with van der Waals surface area (Å²) >= 11 is 4.54. The molecule has 0 aromatic heterocycles. The zero-order valence-electron chi connectivity index (χ0n) is 8.62. The number of nitrogens with one attached hydrogen (secondary N) is 1. The van der Waals surface area contributed by atoms with E-state index in [-0.39, 0.29) is 10.7 Å². The largest absolute Gasteiger partial charge is 0.392 e. The highest BCUT2D eigenvalue weighted by Gasteiger charge is 2.13. The van der Waals surface area contributed by atoms with Gasteiger partial charge in [-0.05, 0) is 5.92 Å². The van der Waals surface area contributed by atoms with Crippen molar-refractivity contribution in [2.75, 3.05) is 12.3 Å². The molecule has 0 saturated heterocycles. The molecular formula is C8H18N2O2S2. The molecule has 0 spiro atoms. The highest BCUT2D eigenvalue weighted by molar-refractivity contribution is 7.92. The van der Waals surface area contributed by atoms with Crippen LogP contribution in [0.15, 0.2) is 0 Å². The van der Waals surface area contributed by atoms with E-state index in [1.807, 2.05) is 13.8 Å². The van der Waals surface area contributed by atoms with Gasteiger partial charge in [0.05, 0.1) is 4.99 Å². The number of sulfonamides is 1. The summed E-state index contributed by atoms with van der Waals surface area (Å²) in [6.07, 6.45) is 1.93. The van der Waals surface area contributed by atoms with Crippen LogP contribution in [0, 0.1) is 5.92 Å². The lowest BCUT2D eigenvalue weighted by molar-refractivity contribution is 0.479. The minimum atomic E-state index is -3.31. The van der Waals surface area contributed by atoms with E-state index in [0.29, 0.717) is 12.5 Å². The zero-order chi connectivity index (χ0) is 11.2. The minimum absolute atomic E-state index is 0.00190. The van der Waals surface area contributed by atoms with Gasteiger partial charge < -0.3 is 5.73 Å². The van der Waals surface area contributed by atoms with Gasteiger partial charge in [0.25, 0.3) is 0 Å². The Labute approximate surface area is 91.3 Å². The molecule has 0 unspecified atom stereocenters. The second-order valence-electron chi connectivity index (χ2n) is 3.26. The summed E-state index contributed by atoms with van der Waals surface area (Å²) in [4.78, 5) is 0.00190. The van der Waals surface area contributed by atoms with Crippen LogP contribution in [0.3, 0.4) is 0 Å².